The molecule has 0 saturated heterocycles. The maximum absolute atomic E-state index is 4.30. The lowest BCUT2D eigenvalue weighted by molar-refractivity contribution is 0.692. The molecule has 0 fully saturated rings. The van der Waals surface area contributed by atoms with Gasteiger partial charge in [0.25, 0.3) is 0 Å². The van der Waals surface area contributed by atoms with Gasteiger partial charge in [-0.05, 0) is 52.8 Å². The van der Waals surface area contributed by atoms with E-state index in [1.54, 1.807) is 18.0 Å². The number of pyridine rings is 1. The molecule has 0 spiro atoms. The standard InChI is InChI=1S/C10H10BrN3S/c1-7-6-9(14(2)13-7)15-10-8(11)4-3-5-12-10/h3-6H,1-2H3. The molecule has 0 aliphatic rings. The number of hydrogen-bond acceptors (Lipinski definition) is 3. The van der Waals surface area contributed by atoms with Crippen LogP contribution in [0.3, 0.4) is 0 Å². The highest BCUT2D eigenvalue weighted by Gasteiger charge is 2.07. The number of nitrogens with zero attached hydrogens (tertiary/aromatic N) is 3. The minimum atomic E-state index is 0.959. The summed E-state index contributed by atoms with van der Waals surface area (Å²) in [5.74, 6) is 0. The van der Waals surface area contributed by atoms with Crippen LogP contribution in [0, 0.1) is 6.92 Å². The summed E-state index contributed by atoms with van der Waals surface area (Å²) in [6, 6.07) is 5.94. The molecule has 0 radical (unpaired) electrons. The van der Waals surface area contributed by atoms with Crippen LogP contribution in [0.25, 0.3) is 0 Å². The second-order valence-corrected chi connectivity index (χ2v) is 5.00. The SMILES string of the molecule is Cc1cc(Sc2ncccc2Br)n(C)n1. The number of aryl methyl sites for hydroxylation is 2. The van der Waals surface area contributed by atoms with Crippen molar-refractivity contribution in [3.8, 4) is 0 Å². The van der Waals surface area contributed by atoms with Gasteiger partial charge in [0.2, 0.25) is 0 Å². The Hall–Kier alpha value is -0.810. The van der Waals surface area contributed by atoms with E-state index in [9.17, 15) is 0 Å². The van der Waals surface area contributed by atoms with E-state index in [0.29, 0.717) is 0 Å². The lowest BCUT2D eigenvalue weighted by atomic mass is 10.5. The second-order valence-electron chi connectivity index (χ2n) is 3.14. The fourth-order valence-electron chi connectivity index (χ4n) is 1.23. The highest BCUT2D eigenvalue weighted by molar-refractivity contribution is 9.10. The van der Waals surface area contributed by atoms with Gasteiger partial charge in [0, 0.05) is 13.2 Å². The predicted molar refractivity (Wildman–Crippen MR) is 64.0 cm³/mol. The van der Waals surface area contributed by atoms with Crippen molar-refractivity contribution in [3.05, 3.63) is 34.6 Å². The van der Waals surface area contributed by atoms with E-state index < -0.39 is 0 Å². The first-order valence-corrected chi connectivity index (χ1v) is 6.07. The van der Waals surface area contributed by atoms with Gasteiger partial charge in [-0.1, -0.05) is 0 Å². The van der Waals surface area contributed by atoms with Crippen molar-refractivity contribution in [2.24, 2.45) is 7.05 Å². The molecule has 0 aliphatic carbocycles. The summed E-state index contributed by atoms with van der Waals surface area (Å²) >= 11 is 5.08. The van der Waals surface area contributed by atoms with Crippen molar-refractivity contribution >= 4 is 27.7 Å². The van der Waals surface area contributed by atoms with Crippen molar-refractivity contribution in [2.45, 2.75) is 17.0 Å². The Morgan fingerprint density at radius 2 is 2.27 bits per heavy atom. The van der Waals surface area contributed by atoms with E-state index in [0.717, 1.165) is 20.2 Å². The van der Waals surface area contributed by atoms with Gasteiger partial charge in [-0.15, -0.1) is 0 Å². The lowest BCUT2D eigenvalue weighted by Crippen LogP contribution is -1.92. The Bertz CT molecular complexity index is 481. The Labute approximate surface area is 101 Å². The van der Waals surface area contributed by atoms with Crippen LogP contribution >= 0.6 is 27.7 Å². The summed E-state index contributed by atoms with van der Waals surface area (Å²) in [6.07, 6.45) is 1.79. The number of aromatic nitrogens is 3. The van der Waals surface area contributed by atoms with Crippen LogP contribution in [-0.2, 0) is 7.05 Å². The van der Waals surface area contributed by atoms with Crippen LogP contribution in [0.4, 0.5) is 0 Å². The van der Waals surface area contributed by atoms with Crippen LogP contribution in [0.5, 0.6) is 0 Å². The molecule has 0 unspecified atom stereocenters. The van der Waals surface area contributed by atoms with E-state index in [1.807, 2.05) is 36.9 Å². The smallest absolute Gasteiger partial charge is 0.116 e. The minimum Gasteiger partial charge on any atom is -0.261 e. The molecule has 0 atom stereocenters. The van der Waals surface area contributed by atoms with Crippen LogP contribution in [0.1, 0.15) is 5.69 Å². The Morgan fingerprint density at radius 3 is 2.87 bits per heavy atom. The molecule has 2 aromatic rings. The quantitative estimate of drug-likeness (QED) is 0.849. The average Bonchev–Trinajstić information content (AvgIpc) is 2.49. The van der Waals surface area contributed by atoms with Crippen molar-refractivity contribution in [1.82, 2.24) is 14.8 Å². The molecule has 0 bridgehead atoms. The zero-order valence-electron chi connectivity index (χ0n) is 8.44. The molecule has 0 saturated carbocycles. The Balaban J connectivity index is 2.29. The monoisotopic (exact) mass is 283 g/mol. The molecule has 2 rings (SSSR count). The molecule has 0 aromatic carbocycles. The second kappa shape index (κ2) is 4.37. The molecule has 5 heteroatoms. The molecule has 3 nitrogen and oxygen atoms in total. The minimum absolute atomic E-state index is 0.959. The van der Waals surface area contributed by atoms with Crippen LogP contribution in [0.2, 0.25) is 0 Å². The fraction of sp³-hybridized carbons (Fsp3) is 0.200. The van der Waals surface area contributed by atoms with Gasteiger partial charge >= 0.3 is 0 Å². The maximum Gasteiger partial charge on any atom is 0.116 e. The molecule has 15 heavy (non-hydrogen) atoms. The predicted octanol–water partition coefficient (Wildman–Crippen LogP) is 3.04. The Kier molecular flexibility index (Phi) is 3.11. The van der Waals surface area contributed by atoms with E-state index in [-0.39, 0.29) is 0 Å². The maximum atomic E-state index is 4.30. The third-order valence-electron chi connectivity index (χ3n) is 1.89. The Morgan fingerprint density at radius 1 is 1.47 bits per heavy atom. The summed E-state index contributed by atoms with van der Waals surface area (Å²) in [6.45, 7) is 1.98. The molecule has 0 aliphatic heterocycles. The number of halogens is 1. The van der Waals surface area contributed by atoms with Gasteiger partial charge in [-0.2, -0.15) is 5.10 Å². The molecule has 2 heterocycles. The number of rotatable bonds is 2. The van der Waals surface area contributed by atoms with E-state index in [2.05, 4.69) is 26.0 Å². The summed E-state index contributed by atoms with van der Waals surface area (Å²) in [5, 5.41) is 6.34. The van der Waals surface area contributed by atoms with Gasteiger partial charge in [0.1, 0.15) is 10.1 Å². The highest BCUT2D eigenvalue weighted by atomic mass is 79.9. The number of hydrogen-bond donors (Lipinski definition) is 0. The highest BCUT2D eigenvalue weighted by Crippen LogP contribution is 2.31. The first kappa shape index (κ1) is 10.7. The van der Waals surface area contributed by atoms with Crippen molar-refractivity contribution < 1.29 is 0 Å². The zero-order valence-corrected chi connectivity index (χ0v) is 10.8. The van der Waals surface area contributed by atoms with Gasteiger partial charge in [-0.25, -0.2) is 4.98 Å². The molecule has 2 aromatic heterocycles. The van der Waals surface area contributed by atoms with E-state index in [1.165, 1.54) is 0 Å². The van der Waals surface area contributed by atoms with Gasteiger partial charge in [0.05, 0.1) is 10.2 Å². The topological polar surface area (TPSA) is 30.7 Å². The lowest BCUT2D eigenvalue weighted by Gasteiger charge is -2.02. The van der Waals surface area contributed by atoms with Gasteiger partial charge in [-0.3, -0.25) is 4.68 Å². The molecule has 78 valence electrons. The third kappa shape index (κ3) is 2.41. The van der Waals surface area contributed by atoms with Crippen molar-refractivity contribution in [3.63, 3.8) is 0 Å². The van der Waals surface area contributed by atoms with Crippen LogP contribution < -0.4 is 0 Å². The summed E-state index contributed by atoms with van der Waals surface area (Å²) in [4.78, 5) is 4.30. The van der Waals surface area contributed by atoms with Gasteiger partial charge in [0.15, 0.2) is 0 Å². The fourth-order valence-corrected chi connectivity index (χ4v) is 2.61. The third-order valence-corrected chi connectivity index (χ3v) is 3.90. The molecule has 0 amide bonds. The normalized spacial score (nSPS) is 10.6. The zero-order chi connectivity index (χ0) is 10.8. The van der Waals surface area contributed by atoms with E-state index >= 15 is 0 Å². The van der Waals surface area contributed by atoms with Crippen LogP contribution in [0.15, 0.2) is 38.9 Å². The summed E-state index contributed by atoms with van der Waals surface area (Å²) in [7, 11) is 1.94. The first-order chi connectivity index (χ1) is 7.16. The van der Waals surface area contributed by atoms with Crippen molar-refractivity contribution in [2.75, 3.05) is 0 Å². The average molecular weight is 284 g/mol. The molecular formula is C10H10BrN3S. The van der Waals surface area contributed by atoms with Crippen molar-refractivity contribution in [1.29, 1.82) is 0 Å². The largest absolute Gasteiger partial charge is 0.261 e. The van der Waals surface area contributed by atoms with E-state index in [4.69, 9.17) is 0 Å². The van der Waals surface area contributed by atoms with Gasteiger partial charge < -0.3 is 0 Å². The summed E-state index contributed by atoms with van der Waals surface area (Å²) in [5.41, 5.74) is 1.02. The first-order valence-electron chi connectivity index (χ1n) is 4.46. The summed E-state index contributed by atoms with van der Waals surface area (Å²) < 4.78 is 2.87. The molecule has 0 N–H and O–H groups in total. The molecular weight excluding hydrogens is 274 g/mol. The van der Waals surface area contributed by atoms with Crippen LogP contribution in [-0.4, -0.2) is 14.8 Å².